The Labute approximate surface area is 182 Å². The Bertz CT molecular complexity index is 1270. The average Bonchev–Trinajstić information content (AvgIpc) is 3.04. The second-order valence-electron chi connectivity index (χ2n) is 6.93. The topological polar surface area (TPSA) is 87.5 Å². The summed E-state index contributed by atoms with van der Waals surface area (Å²) >= 11 is 0. The predicted molar refractivity (Wildman–Crippen MR) is 114 cm³/mol. The van der Waals surface area contributed by atoms with Crippen molar-refractivity contribution in [1.82, 2.24) is 4.90 Å². The Morgan fingerprint density at radius 3 is 2.12 bits per heavy atom. The molecule has 156 valence electrons. The molecule has 1 aliphatic rings. The lowest BCUT2D eigenvalue weighted by Crippen LogP contribution is -2.36. The molecule has 0 unspecified atom stereocenters. The van der Waals surface area contributed by atoms with E-state index in [-0.39, 0.29) is 28.0 Å². The van der Waals surface area contributed by atoms with Crippen LogP contribution in [-0.2, 0) is 4.79 Å². The highest BCUT2D eigenvalue weighted by Crippen LogP contribution is 2.24. The van der Waals surface area contributed by atoms with Crippen molar-refractivity contribution in [2.75, 3.05) is 6.54 Å². The number of nitrogens with zero attached hydrogens (tertiary/aromatic N) is 2. The fourth-order valence-corrected chi connectivity index (χ4v) is 3.32. The number of hydrogen-bond donors (Lipinski definition) is 0. The lowest BCUT2D eigenvalue weighted by molar-refractivity contribution is -0.134. The molecule has 0 aliphatic carbocycles. The van der Waals surface area contributed by atoms with E-state index in [1.165, 1.54) is 42.5 Å². The molecule has 0 fully saturated rings. The minimum atomic E-state index is -0.771. The van der Waals surface area contributed by atoms with E-state index >= 15 is 0 Å². The molecular weight excluding hydrogens is 411 g/mol. The van der Waals surface area contributed by atoms with Crippen LogP contribution in [0.5, 0.6) is 5.75 Å². The minimum absolute atomic E-state index is 0.151. The summed E-state index contributed by atoms with van der Waals surface area (Å²) in [5, 5.41) is 9.37. The highest BCUT2D eigenvalue weighted by molar-refractivity contribution is 6.22. The van der Waals surface area contributed by atoms with Crippen LogP contribution in [0.4, 0.5) is 4.39 Å². The molecule has 0 N–H and O–H groups in total. The quantitative estimate of drug-likeness (QED) is 0.202. The number of benzene rings is 3. The second-order valence-corrected chi connectivity index (χ2v) is 6.93. The highest BCUT2D eigenvalue weighted by Gasteiger charge is 2.36. The van der Waals surface area contributed by atoms with Gasteiger partial charge in [-0.3, -0.25) is 14.5 Å². The normalized spacial score (nSPS) is 13.0. The number of halogens is 1. The molecular formula is C25H15FN2O4. The Balaban J connectivity index is 1.44. The van der Waals surface area contributed by atoms with E-state index in [0.717, 1.165) is 4.90 Å². The van der Waals surface area contributed by atoms with Crippen molar-refractivity contribution in [2.24, 2.45) is 0 Å². The summed E-state index contributed by atoms with van der Waals surface area (Å²) < 4.78 is 19.2. The van der Waals surface area contributed by atoms with Crippen molar-refractivity contribution in [3.63, 3.8) is 0 Å². The molecule has 0 radical (unpaired) electrons. The maximum Gasteiger partial charge on any atom is 0.331 e. The maximum absolute atomic E-state index is 13.9. The zero-order valence-corrected chi connectivity index (χ0v) is 16.6. The molecule has 7 heteroatoms. The van der Waals surface area contributed by atoms with Gasteiger partial charge in [-0.05, 0) is 42.0 Å². The number of allylic oxidation sites excluding steroid dienone is 1. The molecule has 2 amide bonds. The van der Waals surface area contributed by atoms with Crippen LogP contribution in [0.2, 0.25) is 0 Å². The van der Waals surface area contributed by atoms with E-state index < -0.39 is 30.1 Å². The van der Waals surface area contributed by atoms with Crippen LogP contribution in [0.3, 0.4) is 0 Å². The van der Waals surface area contributed by atoms with E-state index in [1.807, 2.05) is 6.07 Å². The van der Waals surface area contributed by atoms with Crippen LogP contribution in [0.1, 0.15) is 31.8 Å². The molecule has 0 spiro atoms. The van der Waals surface area contributed by atoms with Crippen molar-refractivity contribution in [3.05, 3.63) is 101 Å². The van der Waals surface area contributed by atoms with E-state index in [1.54, 1.807) is 36.4 Å². The molecule has 0 saturated heterocycles. The molecule has 0 atom stereocenters. The number of carbonyl (C=O) groups is 3. The molecule has 4 rings (SSSR count). The van der Waals surface area contributed by atoms with Gasteiger partial charge in [-0.2, -0.15) is 5.26 Å². The van der Waals surface area contributed by atoms with Crippen molar-refractivity contribution in [2.45, 2.75) is 0 Å². The smallest absolute Gasteiger partial charge is 0.331 e. The summed E-state index contributed by atoms with van der Waals surface area (Å²) in [6, 6.07) is 20.5. The Hall–Kier alpha value is -4.57. The number of hydrogen-bond acceptors (Lipinski definition) is 5. The number of fused-ring (bicyclic) bond motifs is 1. The Morgan fingerprint density at radius 1 is 0.938 bits per heavy atom. The first kappa shape index (κ1) is 20.7. The molecule has 1 heterocycles. The standard InChI is InChI=1S/C25H15FN2O4/c26-22-8-4-3-5-19(22)17(14-27)13-16-9-11-18(12-10-16)32-23(29)15-28-24(30)20-6-1-2-7-21(20)25(28)31/h1-13H,15H2/b17-13-. The summed E-state index contributed by atoms with van der Waals surface area (Å²) in [7, 11) is 0. The van der Waals surface area contributed by atoms with E-state index in [0.29, 0.717) is 5.56 Å². The van der Waals surface area contributed by atoms with Crippen molar-refractivity contribution in [1.29, 1.82) is 5.26 Å². The van der Waals surface area contributed by atoms with Crippen molar-refractivity contribution >= 4 is 29.4 Å². The summed E-state index contributed by atoms with van der Waals surface area (Å²) in [6.45, 7) is -0.514. The molecule has 6 nitrogen and oxygen atoms in total. The number of ether oxygens (including phenoxy) is 1. The van der Waals surface area contributed by atoms with Crippen LogP contribution in [-0.4, -0.2) is 29.2 Å². The zero-order chi connectivity index (χ0) is 22.7. The minimum Gasteiger partial charge on any atom is -0.425 e. The molecule has 0 bridgehead atoms. The number of imide groups is 1. The summed E-state index contributed by atoms with van der Waals surface area (Å²) in [5.41, 5.74) is 1.45. The molecule has 32 heavy (non-hydrogen) atoms. The van der Waals surface area contributed by atoms with Crippen LogP contribution >= 0.6 is 0 Å². The first-order valence-corrected chi connectivity index (χ1v) is 9.60. The number of amides is 2. The van der Waals surface area contributed by atoms with Crippen molar-refractivity contribution in [3.8, 4) is 11.8 Å². The van der Waals surface area contributed by atoms with Gasteiger partial charge >= 0.3 is 5.97 Å². The number of carbonyl (C=O) groups excluding carboxylic acids is 3. The van der Waals surface area contributed by atoms with Gasteiger partial charge in [-0.25, -0.2) is 9.18 Å². The van der Waals surface area contributed by atoms with Gasteiger partial charge in [-0.1, -0.05) is 42.5 Å². The first-order chi connectivity index (χ1) is 15.5. The van der Waals surface area contributed by atoms with Crippen LogP contribution < -0.4 is 4.74 Å². The van der Waals surface area contributed by atoms with E-state index in [9.17, 15) is 24.0 Å². The third kappa shape index (κ3) is 4.02. The largest absolute Gasteiger partial charge is 0.425 e. The predicted octanol–water partition coefficient (Wildman–Crippen LogP) is 4.09. The van der Waals surface area contributed by atoms with Gasteiger partial charge in [0.05, 0.1) is 22.8 Å². The Morgan fingerprint density at radius 2 is 1.53 bits per heavy atom. The average molecular weight is 426 g/mol. The molecule has 3 aromatic carbocycles. The monoisotopic (exact) mass is 426 g/mol. The van der Waals surface area contributed by atoms with Gasteiger partial charge in [0.15, 0.2) is 0 Å². The lowest BCUT2D eigenvalue weighted by atomic mass is 10.0. The van der Waals surface area contributed by atoms with Gasteiger partial charge in [0.2, 0.25) is 0 Å². The van der Waals surface area contributed by atoms with Gasteiger partial charge in [-0.15, -0.1) is 0 Å². The summed E-state index contributed by atoms with van der Waals surface area (Å²) in [6.07, 6.45) is 1.52. The molecule has 3 aromatic rings. The van der Waals surface area contributed by atoms with Gasteiger partial charge in [0.1, 0.15) is 18.1 Å². The third-order valence-electron chi connectivity index (χ3n) is 4.87. The number of esters is 1. The molecule has 0 aromatic heterocycles. The summed E-state index contributed by atoms with van der Waals surface area (Å²) in [4.78, 5) is 37.8. The Kier molecular flexibility index (Phi) is 5.60. The maximum atomic E-state index is 13.9. The molecule has 0 saturated carbocycles. The zero-order valence-electron chi connectivity index (χ0n) is 16.6. The second kappa shape index (κ2) is 8.66. The highest BCUT2D eigenvalue weighted by atomic mass is 19.1. The number of nitriles is 1. The SMILES string of the molecule is N#C/C(=C/c1ccc(OC(=O)CN2C(=O)c3ccccc3C2=O)cc1)c1ccccc1F. The van der Waals surface area contributed by atoms with Crippen LogP contribution in [0, 0.1) is 17.1 Å². The van der Waals surface area contributed by atoms with Gasteiger partial charge < -0.3 is 4.74 Å². The number of rotatable bonds is 5. The summed E-state index contributed by atoms with van der Waals surface area (Å²) in [5.74, 6) is -2.15. The van der Waals surface area contributed by atoms with Crippen molar-refractivity contribution < 1.29 is 23.5 Å². The fourth-order valence-electron chi connectivity index (χ4n) is 3.32. The third-order valence-corrected chi connectivity index (χ3v) is 4.87. The van der Waals surface area contributed by atoms with Gasteiger partial charge in [0.25, 0.3) is 11.8 Å². The molecule has 1 aliphatic heterocycles. The van der Waals surface area contributed by atoms with Crippen LogP contribution in [0.15, 0.2) is 72.8 Å². The lowest BCUT2D eigenvalue weighted by Gasteiger charge is -2.13. The van der Waals surface area contributed by atoms with Crippen LogP contribution in [0.25, 0.3) is 11.6 Å². The van der Waals surface area contributed by atoms with E-state index in [4.69, 9.17) is 4.74 Å². The van der Waals surface area contributed by atoms with Gasteiger partial charge in [0, 0.05) is 5.56 Å². The first-order valence-electron chi connectivity index (χ1n) is 9.60. The van der Waals surface area contributed by atoms with E-state index in [2.05, 4.69) is 0 Å². The fraction of sp³-hybridized carbons (Fsp3) is 0.0400.